The number of aromatic nitrogens is 2. The molecule has 4 rings (SSSR count). The predicted molar refractivity (Wildman–Crippen MR) is 120 cm³/mol. The van der Waals surface area contributed by atoms with E-state index in [0.29, 0.717) is 13.0 Å². The first-order valence-electron chi connectivity index (χ1n) is 10.4. The third kappa shape index (κ3) is 4.88. The largest absolute Gasteiger partial charge is 0.343 e. The molecule has 2 heterocycles. The van der Waals surface area contributed by atoms with Crippen LogP contribution in [0.4, 0.5) is 0 Å². The molecule has 0 saturated carbocycles. The molecule has 1 aliphatic heterocycles. The quantitative estimate of drug-likeness (QED) is 0.547. The lowest BCUT2D eigenvalue weighted by molar-refractivity contribution is -0.131. The molecule has 0 spiro atoms. The lowest BCUT2D eigenvalue weighted by Gasteiger charge is -2.20. The van der Waals surface area contributed by atoms with Gasteiger partial charge in [-0.15, -0.1) is 0 Å². The lowest BCUT2D eigenvalue weighted by atomic mass is 10.2. The van der Waals surface area contributed by atoms with E-state index >= 15 is 0 Å². The fourth-order valence-corrected chi connectivity index (χ4v) is 4.01. The Kier molecular flexibility index (Phi) is 6.30. The molecule has 3 aromatic rings. The van der Waals surface area contributed by atoms with E-state index in [2.05, 4.69) is 10.6 Å². The van der Waals surface area contributed by atoms with Gasteiger partial charge in [-0.05, 0) is 48.7 Å². The number of hydrogen-bond acceptors (Lipinski definition) is 2. The molecule has 1 aliphatic rings. The molecule has 0 aliphatic carbocycles. The average molecular weight is 408 g/mol. The second kappa shape index (κ2) is 9.27. The maximum absolute atomic E-state index is 12.8. The number of carbonyl (C=O) groups is 1. The Balaban J connectivity index is 1.54. The van der Waals surface area contributed by atoms with E-state index in [1.54, 1.807) is 0 Å². The molecule has 1 fully saturated rings. The number of nitrogens with zero attached hydrogens (tertiary/aromatic N) is 3. The first kappa shape index (κ1) is 19.7. The fraction of sp³-hybridized carbons (Fsp3) is 0.333. The van der Waals surface area contributed by atoms with E-state index < -0.39 is 0 Å². The third-order valence-corrected chi connectivity index (χ3v) is 5.74. The highest BCUT2D eigenvalue weighted by atomic mass is 35.5. The van der Waals surface area contributed by atoms with Gasteiger partial charge in [0.25, 0.3) is 0 Å². The van der Waals surface area contributed by atoms with Gasteiger partial charge in [-0.1, -0.05) is 54.8 Å². The summed E-state index contributed by atoms with van der Waals surface area (Å²) in [6, 6.07) is 15.8. The summed E-state index contributed by atoms with van der Waals surface area (Å²) < 4.78 is 2.15. The monoisotopic (exact) mass is 407 g/mol. The Morgan fingerprint density at radius 3 is 2.45 bits per heavy atom. The van der Waals surface area contributed by atoms with Crippen molar-refractivity contribution in [2.24, 2.45) is 0 Å². The number of carbonyl (C=O) groups excluding carboxylic acids is 1. The molecule has 0 radical (unpaired) electrons. The van der Waals surface area contributed by atoms with Gasteiger partial charge in [0.1, 0.15) is 5.82 Å². The zero-order valence-corrected chi connectivity index (χ0v) is 17.3. The van der Waals surface area contributed by atoms with Crippen LogP contribution in [0.15, 0.2) is 48.5 Å². The van der Waals surface area contributed by atoms with Crippen molar-refractivity contribution in [1.82, 2.24) is 14.5 Å². The summed E-state index contributed by atoms with van der Waals surface area (Å²) in [4.78, 5) is 19.6. The van der Waals surface area contributed by atoms with E-state index in [1.807, 2.05) is 59.5 Å². The molecule has 2 aromatic carbocycles. The van der Waals surface area contributed by atoms with Crippen LogP contribution in [0.3, 0.4) is 0 Å². The standard InChI is InChI=1S/C24H26ClN3O/c25-20-12-9-19(10-13-20)11-14-23-26-21-7-3-4-8-22(21)28(23)18-15-24(29)27-16-5-1-2-6-17-27/h3-4,7-14H,1-2,5-6,15-18H2/b14-11+. The second-order valence-corrected chi connectivity index (χ2v) is 7.98. The van der Waals surface area contributed by atoms with E-state index in [0.717, 1.165) is 53.4 Å². The normalized spacial score (nSPS) is 15.1. The molecule has 0 bridgehead atoms. The summed E-state index contributed by atoms with van der Waals surface area (Å²) in [5.41, 5.74) is 3.08. The highest BCUT2D eigenvalue weighted by molar-refractivity contribution is 6.30. The topological polar surface area (TPSA) is 38.1 Å². The number of aryl methyl sites for hydroxylation is 1. The molecule has 0 N–H and O–H groups in total. The molecule has 4 nitrogen and oxygen atoms in total. The molecule has 1 aromatic heterocycles. The van der Waals surface area contributed by atoms with Gasteiger partial charge in [-0.25, -0.2) is 4.98 Å². The van der Waals surface area contributed by atoms with Gasteiger partial charge in [0.15, 0.2) is 0 Å². The minimum atomic E-state index is 0.248. The molecule has 1 saturated heterocycles. The Labute approximate surface area is 176 Å². The smallest absolute Gasteiger partial charge is 0.224 e. The SMILES string of the molecule is O=C(CCn1c(/C=C/c2ccc(Cl)cc2)nc2ccccc21)N1CCCCCC1. The number of halogens is 1. The molecule has 5 heteroatoms. The molecule has 1 amide bonds. The van der Waals surface area contributed by atoms with Crippen molar-refractivity contribution in [3.8, 4) is 0 Å². The Bertz CT molecular complexity index is 999. The molecular formula is C24H26ClN3O. The first-order valence-corrected chi connectivity index (χ1v) is 10.8. The second-order valence-electron chi connectivity index (χ2n) is 7.54. The number of amides is 1. The molecule has 150 valence electrons. The minimum absolute atomic E-state index is 0.248. The number of rotatable bonds is 5. The highest BCUT2D eigenvalue weighted by Gasteiger charge is 2.16. The van der Waals surface area contributed by atoms with Gasteiger partial charge in [0.05, 0.1) is 11.0 Å². The number of hydrogen-bond donors (Lipinski definition) is 0. The number of benzene rings is 2. The summed E-state index contributed by atoms with van der Waals surface area (Å²) in [6.45, 7) is 2.43. The lowest BCUT2D eigenvalue weighted by Crippen LogP contribution is -2.32. The summed E-state index contributed by atoms with van der Waals surface area (Å²) >= 11 is 5.98. The van der Waals surface area contributed by atoms with Gasteiger partial charge in [-0.2, -0.15) is 0 Å². The van der Waals surface area contributed by atoms with Gasteiger partial charge < -0.3 is 9.47 Å². The minimum Gasteiger partial charge on any atom is -0.343 e. The van der Waals surface area contributed by atoms with Crippen molar-refractivity contribution in [3.05, 3.63) is 64.9 Å². The van der Waals surface area contributed by atoms with E-state index in [9.17, 15) is 4.79 Å². The van der Waals surface area contributed by atoms with Crippen LogP contribution in [0.5, 0.6) is 0 Å². The van der Waals surface area contributed by atoms with Gasteiger partial charge >= 0.3 is 0 Å². The van der Waals surface area contributed by atoms with Crippen LogP contribution in [0.25, 0.3) is 23.2 Å². The van der Waals surface area contributed by atoms with Gasteiger partial charge in [-0.3, -0.25) is 4.79 Å². The molecule has 29 heavy (non-hydrogen) atoms. The van der Waals surface area contributed by atoms with Crippen molar-refractivity contribution < 1.29 is 4.79 Å². The van der Waals surface area contributed by atoms with E-state index in [1.165, 1.54) is 12.8 Å². The van der Waals surface area contributed by atoms with E-state index in [-0.39, 0.29) is 5.91 Å². The van der Waals surface area contributed by atoms with Crippen LogP contribution in [-0.4, -0.2) is 33.4 Å². The maximum atomic E-state index is 12.8. The van der Waals surface area contributed by atoms with Crippen molar-refractivity contribution in [3.63, 3.8) is 0 Å². The zero-order chi connectivity index (χ0) is 20.1. The van der Waals surface area contributed by atoms with Crippen molar-refractivity contribution in [1.29, 1.82) is 0 Å². The highest BCUT2D eigenvalue weighted by Crippen LogP contribution is 2.20. The van der Waals surface area contributed by atoms with E-state index in [4.69, 9.17) is 16.6 Å². The van der Waals surface area contributed by atoms with Gasteiger partial charge in [0, 0.05) is 31.1 Å². The zero-order valence-electron chi connectivity index (χ0n) is 16.6. The number of fused-ring (bicyclic) bond motifs is 1. The van der Waals surface area contributed by atoms with Crippen LogP contribution in [0, 0.1) is 0 Å². The Morgan fingerprint density at radius 2 is 1.69 bits per heavy atom. The van der Waals surface area contributed by atoms with Crippen LogP contribution in [0.2, 0.25) is 5.02 Å². The summed E-state index contributed by atoms with van der Waals surface area (Å²) in [7, 11) is 0. The maximum Gasteiger partial charge on any atom is 0.224 e. The van der Waals surface area contributed by atoms with Crippen LogP contribution in [-0.2, 0) is 11.3 Å². The predicted octanol–water partition coefficient (Wildman–Crippen LogP) is 5.65. The Hall–Kier alpha value is -2.59. The van der Waals surface area contributed by atoms with Crippen LogP contribution >= 0.6 is 11.6 Å². The fourth-order valence-electron chi connectivity index (χ4n) is 3.89. The summed E-state index contributed by atoms with van der Waals surface area (Å²) in [5.74, 6) is 1.11. The molecule has 0 atom stereocenters. The molecular weight excluding hydrogens is 382 g/mol. The Morgan fingerprint density at radius 1 is 0.966 bits per heavy atom. The number of likely N-dealkylation sites (tertiary alicyclic amines) is 1. The molecule has 0 unspecified atom stereocenters. The first-order chi connectivity index (χ1) is 14.2. The summed E-state index contributed by atoms with van der Waals surface area (Å²) in [6.07, 6.45) is 9.25. The van der Waals surface area contributed by atoms with Crippen LogP contribution < -0.4 is 0 Å². The van der Waals surface area contributed by atoms with Crippen molar-refractivity contribution in [2.75, 3.05) is 13.1 Å². The number of para-hydroxylation sites is 2. The van der Waals surface area contributed by atoms with Crippen molar-refractivity contribution >= 4 is 40.7 Å². The van der Waals surface area contributed by atoms with Gasteiger partial charge in [0.2, 0.25) is 5.91 Å². The average Bonchev–Trinajstić information content (AvgIpc) is 2.90. The number of imidazole rings is 1. The van der Waals surface area contributed by atoms with Crippen LogP contribution in [0.1, 0.15) is 43.5 Å². The summed E-state index contributed by atoms with van der Waals surface area (Å²) in [5, 5.41) is 0.724. The third-order valence-electron chi connectivity index (χ3n) is 5.49. The van der Waals surface area contributed by atoms with Crippen molar-refractivity contribution in [2.45, 2.75) is 38.6 Å².